The number of carbonyl (C=O) groups excluding carboxylic acids is 1. The van der Waals surface area contributed by atoms with Crippen molar-refractivity contribution in [1.82, 2.24) is 9.88 Å². The summed E-state index contributed by atoms with van der Waals surface area (Å²) in [4.78, 5) is 18.9. The molecular weight excluding hydrogens is 429 g/mol. The molecule has 0 radical (unpaired) electrons. The van der Waals surface area contributed by atoms with E-state index in [4.69, 9.17) is 0 Å². The summed E-state index contributed by atoms with van der Waals surface area (Å²) in [7, 11) is 0. The predicted octanol–water partition coefficient (Wildman–Crippen LogP) is 4.72. The molecule has 1 fully saturated rings. The van der Waals surface area contributed by atoms with Gasteiger partial charge in [0.2, 0.25) is 34.8 Å². The van der Waals surface area contributed by atoms with Gasteiger partial charge in [-0.15, -0.1) is 11.3 Å². The molecular formula is C19H20F5N3O2S. The summed E-state index contributed by atoms with van der Waals surface area (Å²) in [5.41, 5.74) is 0. The largest absolute Gasteiger partial charge is 0.416 e. The number of likely N-dealkylation sites (tertiary alicyclic amines) is 1. The number of esters is 1. The molecule has 2 aromatic rings. The first-order valence-corrected chi connectivity index (χ1v) is 10.2. The number of anilines is 1. The Hall–Kier alpha value is -2.27. The van der Waals surface area contributed by atoms with Gasteiger partial charge in [-0.05, 0) is 38.8 Å². The number of hydrogen-bond donors (Lipinski definition) is 1. The lowest BCUT2D eigenvalue weighted by Gasteiger charge is -2.29. The molecule has 164 valence electrons. The highest BCUT2D eigenvalue weighted by Gasteiger charge is 2.30. The Morgan fingerprint density at radius 2 is 1.67 bits per heavy atom. The van der Waals surface area contributed by atoms with E-state index in [1.165, 1.54) is 0 Å². The van der Waals surface area contributed by atoms with Gasteiger partial charge >= 0.3 is 5.97 Å². The number of rotatable bonds is 6. The SMILES string of the molecule is CCNc1nc(CN2CCC(C)CC2)sc1C(=O)Oc1c(F)c(F)c(F)c(F)c1F. The fourth-order valence-electron chi connectivity index (χ4n) is 3.08. The number of halogens is 5. The molecule has 2 heterocycles. The summed E-state index contributed by atoms with van der Waals surface area (Å²) >= 11 is 0.948. The summed E-state index contributed by atoms with van der Waals surface area (Å²) < 4.78 is 72.2. The Balaban J connectivity index is 1.84. The number of thiazole rings is 1. The van der Waals surface area contributed by atoms with E-state index >= 15 is 0 Å². The fraction of sp³-hybridized carbons (Fsp3) is 0.474. The lowest BCUT2D eigenvalue weighted by Crippen LogP contribution is -2.32. The van der Waals surface area contributed by atoms with E-state index in [-0.39, 0.29) is 10.7 Å². The molecule has 30 heavy (non-hydrogen) atoms. The van der Waals surface area contributed by atoms with Crippen molar-refractivity contribution in [3.63, 3.8) is 0 Å². The average Bonchev–Trinajstić information content (AvgIpc) is 3.12. The van der Waals surface area contributed by atoms with Crippen molar-refractivity contribution in [2.75, 3.05) is 25.0 Å². The molecule has 1 aromatic carbocycles. The monoisotopic (exact) mass is 449 g/mol. The van der Waals surface area contributed by atoms with Crippen LogP contribution in [0.15, 0.2) is 0 Å². The highest BCUT2D eigenvalue weighted by Crippen LogP contribution is 2.32. The van der Waals surface area contributed by atoms with Crippen LogP contribution in [0.5, 0.6) is 5.75 Å². The van der Waals surface area contributed by atoms with Crippen LogP contribution in [0.25, 0.3) is 0 Å². The minimum absolute atomic E-state index is 0.110. The molecule has 0 saturated carbocycles. The first-order valence-electron chi connectivity index (χ1n) is 9.42. The topological polar surface area (TPSA) is 54.5 Å². The van der Waals surface area contributed by atoms with Gasteiger partial charge in [-0.1, -0.05) is 6.92 Å². The van der Waals surface area contributed by atoms with Gasteiger partial charge in [0.05, 0.1) is 6.54 Å². The Kier molecular flexibility index (Phi) is 6.91. The van der Waals surface area contributed by atoms with E-state index in [2.05, 4.69) is 26.9 Å². The molecule has 3 rings (SSSR count). The maximum absolute atomic E-state index is 13.8. The number of ether oxygens (including phenoxy) is 1. The third-order valence-electron chi connectivity index (χ3n) is 4.80. The molecule has 0 amide bonds. The molecule has 0 unspecified atom stereocenters. The van der Waals surface area contributed by atoms with Crippen LogP contribution in [-0.4, -0.2) is 35.5 Å². The molecule has 0 atom stereocenters. The van der Waals surface area contributed by atoms with Crippen molar-refractivity contribution in [2.45, 2.75) is 33.2 Å². The maximum atomic E-state index is 13.8. The van der Waals surface area contributed by atoms with Crippen LogP contribution < -0.4 is 10.1 Å². The number of piperidine rings is 1. The van der Waals surface area contributed by atoms with Crippen LogP contribution in [0.3, 0.4) is 0 Å². The Bertz CT molecular complexity index is 916. The van der Waals surface area contributed by atoms with Crippen LogP contribution in [0.2, 0.25) is 0 Å². The summed E-state index contributed by atoms with van der Waals surface area (Å²) in [6.45, 7) is 6.56. The second-order valence-electron chi connectivity index (χ2n) is 7.06. The minimum Gasteiger partial charge on any atom is -0.416 e. The van der Waals surface area contributed by atoms with Gasteiger partial charge in [0.25, 0.3) is 0 Å². The molecule has 1 aliphatic rings. The van der Waals surface area contributed by atoms with Gasteiger partial charge in [0.1, 0.15) is 5.01 Å². The molecule has 1 N–H and O–H groups in total. The summed E-state index contributed by atoms with van der Waals surface area (Å²) in [5.74, 6) is -13.2. The van der Waals surface area contributed by atoms with Crippen molar-refractivity contribution in [2.24, 2.45) is 5.92 Å². The molecule has 1 aromatic heterocycles. The summed E-state index contributed by atoms with van der Waals surface area (Å²) in [5, 5.41) is 3.43. The zero-order chi connectivity index (χ0) is 22.0. The van der Waals surface area contributed by atoms with E-state index in [0.29, 0.717) is 24.0 Å². The van der Waals surface area contributed by atoms with E-state index in [9.17, 15) is 26.7 Å². The fourth-order valence-corrected chi connectivity index (χ4v) is 4.04. The van der Waals surface area contributed by atoms with E-state index in [1.807, 2.05) is 0 Å². The second-order valence-corrected chi connectivity index (χ2v) is 8.15. The first-order chi connectivity index (χ1) is 14.2. The highest BCUT2D eigenvalue weighted by atomic mass is 32.1. The quantitative estimate of drug-likeness (QED) is 0.227. The van der Waals surface area contributed by atoms with Crippen LogP contribution in [0.1, 0.15) is 41.4 Å². The number of hydrogen-bond acceptors (Lipinski definition) is 6. The lowest BCUT2D eigenvalue weighted by atomic mass is 9.99. The molecule has 0 bridgehead atoms. The summed E-state index contributed by atoms with van der Waals surface area (Å²) in [6.07, 6.45) is 2.08. The lowest BCUT2D eigenvalue weighted by molar-refractivity contribution is 0.0722. The van der Waals surface area contributed by atoms with E-state index < -0.39 is 40.8 Å². The van der Waals surface area contributed by atoms with Crippen LogP contribution in [0, 0.1) is 35.0 Å². The average molecular weight is 449 g/mol. The molecule has 11 heteroatoms. The first kappa shape index (κ1) is 22.4. The van der Waals surface area contributed by atoms with Gasteiger partial charge in [-0.2, -0.15) is 8.78 Å². The van der Waals surface area contributed by atoms with E-state index in [0.717, 1.165) is 37.3 Å². The normalized spacial score (nSPS) is 15.4. The molecule has 5 nitrogen and oxygen atoms in total. The molecule has 1 aliphatic heterocycles. The number of nitrogens with zero attached hydrogens (tertiary/aromatic N) is 2. The molecule has 0 spiro atoms. The standard InChI is InChI=1S/C19H20F5N3O2S/c1-3-25-18-17(30-10(26-18)8-27-6-4-9(2)5-7-27)19(28)29-16-14(23)12(21)11(20)13(22)15(16)24/h9,25H,3-8H2,1-2H3. The Labute approximate surface area is 173 Å². The van der Waals surface area contributed by atoms with Crippen molar-refractivity contribution in [3.8, 4) is 5.75 Å². The van der Waals surface area contributed by atoms with Crippen LogP contribution in [-0.2, 0) is 6.54 Å². The number of benzene rings is 1. The van der Waals surface area contributed by atoms with E-state index in [1.54, 1.807) is 6.92 Å². The third-order valence-corrected chi connectivity index (χ3v) is 5.82. The number of aromatic nitrogens is 1. The molecule has 0 aliphatic carbocycles. The highest BCUT2D eigenvalue weighted by molar-refractivity contribution is 7.14. The number of carbonyl (C=O) groups is 1. The van der Waals surface area contributed by atoms with Crippen LogP contribution in [0.4, 0.5) is 27.8 Å². The smallest absolute Gasteiger partial charge is 0.357 e. The Morgan fingerprint density at radius 3 is 2.23 bits per heavy atom. The zero-order valence-corrected chi connectivity index (χ0v) is 17.1. The van der Waals surface area contributed by atoms with Crippen molar-refractivity contribution in [3.05, 3.63) is 39.0 Å². The van der Waals surface area contributed by atoms with Gasteiger partial charge < -0.3 is 10.1 Å². The van der Waals surface area contributed by atoms with Crippen molar-refractivity contribution >= 4 is 23.1 Å². The van der Waals surface area contributed by atoms with Gasteiger partial charge in [-0.25, -0.2) is 22.9 Å². The minimum atomic E-state index is -2.32. The van der Waals surface area contributed by atoms with Gasteiger partial charge in [0, 0.05) is 6.54 Å². The third kappa shape index (κ3) is 4.56. The zero-order valence-electron chi connectivity index (χ0n) is 16.3. The van der Waals surface area contributed by atoms with Crippen molar-refractivity contribution < 1.29 is 31.5 Å². The number of nitrogens with one attached hydrogen (secondary N) is 1. The summed E-state index contributed by atoms with van der Waals surface area (Å²) in [6, 6.07) is 0. The molecule has 1 saturated heterocycles. The van der Waals surface area contributed by atoms with Crippen LogP contribution >= 0.6 is 11.3 Å². The van der Waals surface area contributed by atoms with Crippen molar-refractivity contribution in [1.29, 1.82) is 0 Å². The van der Waals surface area contributed by atoms with Gasteiger partial charge in [0.15, 0.2) is 10.7 Å². The second kappa shape index (κ2) is 9.25. The van der Waals surface area contributed by atoms with Gasteiger partial charge in [-0.3, -0.25) is 4.90 Å². The Morgan fingerprint density at radius 1 is 1.10 bits per heavy atom. The predicted molar refractivity (Wildman–Crippen MR) is 101 cm³/mol. The maximum Gasteiger partial charge on any atom is 0.357 e.